The van der Waals surface area contributed by atoms with Crippen LogP contribution >= 0.6 is 49.9 Å². The molecule has 90 valence electrons. The van der Waals surface area contributed by atoms with Crippen molar-refractivity contribution in [2.45, 2.75) is 12.5 Å². The topological polar surface area (TPSA) is 38.0 Å². The first-order valence-electron chi connectivity index (χ1n) is 5.13. The van der Waals surface area contributed by atoms with Crippen molar-refractivity contribution < 1.29 is 0 Å². The van der Waals surface area contributed by atoms with Crippen molar-refractivity contribution in [3.05, 3.63) is 54.2 Å². The van der Waals surface area contributed by atoms with Gasteiger partial charge in [-0.05, 0) is 75.2 Å². The summed E-state index contributed by atoms with van der Waals surface area (Å²) in [5.74, 6) is 5.68. The van der Waals surface area contributed by atoms with Gasteiger partial charge in [-0.3, -0.25) is 11.3 Å². The largest absolute Gasteiger partial charge is 0.271 e. The van der Waals surface area contributed by atoms with E-state index in [0.717, 1.165) is 10.9 Å². The van der Waals surface area contributed by atoms with E-state index in [4.69, 9.17) is 5.84 Å². The van der Waals surface area contributed by atoms with Gasteiger partial charge in [0.2, 0.25) is 0 Å². The molecule has 5 heteroatoms. The molecule has 0 saturated heterocycles. The Labute approximate surface area is 127 Å². The minimum absolute atomic E-state index is 0.147. The predicted molar refractivity (Wildman–Crippen MR) is 84.9 cm³/mol. The van der Waals surface area contributed by atoms with Gasteiger partial charge in [0.15, 0.2) is 0 Å². The number of hydrogen-bond acceptors (Lipinski definition) is 3. The van der Waals surface area contributed by atoms with E-state index in [1.165, 1.54) is 14.7 Å². The highest BCUT2D eigenvalue weighted by Gasteiger charge is 2.14. The second-order valence-corrected chi connectivity index (χ2v) is 6.58. The van der Waals surface area contributed by atoms with Crippen molar-refractivity contribution in [2.24, 2.45) is 5.84 Å². The smallest absolute Gasteiger partial charge is 0.0511 e. The van der Waals surface area contributed by atoms with Gasteiger partial charge in [-0.2, -0.15) is 11.3 Å². The Kier molecular flexibility index (Phi) is 4.98. The maximum atomic E-state index is 5.68. The van der Waals surface area contributed by atoms with Gasteiger partial charge in [-0.25, -0.2) is 0 Å². The molecule has 1 heterocycles. The van der Waals surface area contributed by atoms with Crippen molar-refractivity contribution in [3.8, 4) is 0 Å². The van der Waals surface area contributed by atoms with Crippen molar-refractivity contribution in [1.29, 1.82) is 0 Å². The van der Waals surface area contributed by atoms with Gasteiger partial charge in [0, 0.05) is 8.04 Å². The maximum absolute atomic E-state index is 5.68. The predicted octanol–water partition coefficient (Wildman–Crippen LogP) is 3.86. The van der Waals surface area contributed by atoms with Crippen LogP contribution in [0.3, 0.4) is 0 Å². The lowest BCUT2D eigenvalue weighted by molar-refractivity contribution is 0.550. The molecule has 0 radical (unpaired) electrons. The second-order valence-electron chi connectivity index (χ2n) is 3.72. The Morgan fingerprint density at radius 3 is 2.88 bits per heavy atom. The number of hydrazine groups is 1. The van der Waals surface area contributed by atoms with E-state index < -0.39 is 0 Å². The number of nitrogens with two attached hydrogens (primary N) is 1. The fourth-order valence-electron chi connectivity index (χ4n) is 1.68. The fourth-order valence-corrected chi connectivity index (χ4v) is 3.46. The SMILES string of the molecule is NNC(Cc1ccsc1)c1cc(Br)ccc1I. The molecule has 1 aromatic carbocycles. The number of benzene rings is 1. The minimum atomic E-state index is 0.147. The molecule has 0 amide bonds. The Morgan fingerprint density at radius 1 is 1.41 bits per heavy atom. The van der Waals surface area contributed by atoms with Crippen molar-refractivity contribution in [2.75, 3.05) is 0 Å². The third-order valence-electron chi connectivity index (χ3n) is 2.55. The third-order valence-corrected chi connectivity index (χ3v) is 4.76. The summed E-state index contributed by atoms with van der Waals surface area (Å²) in [5, 5.41) is 4.25. The zero-order chi connectivity index (χ0) is 12.3. The number of hydrogen-bond donors (Lipinski definition) is 2. The van der Waals surface area contributed by atoms with Crippen LogP contribution in [0.5, 0.6) is 0 Å². The highest BCUT2D eigenvalue weighted by Crippen LogP contribution is 2.26. The molecule has 0 saturated carbocycles. The first-order valence-corrected chi connectivity index (χ1v) is 7.94. The van der Waals surface area contributed by atoms with Gasteiger partial charge in [0.05, 0.1) is 6.04 Å². The van der Waals surface area contributed by atoms with E-state index >= 15 is 0 Å². The molecule has 1 atom stereocenters. The average molecular weight is 423 g/mol. The number of nitrogens with one attached hydrogen (secondary N) is 1. The van der Waals surface area contributed by atoms with E-state index in [0.29, 0.717) is 0 Å². The molecular weight excluding hydrogens is 411 g/mol. The van der Waals surface area contributed by atoms with Gasteiger partial charge in [0.1, 0.15) is 0 Å². The normalized spacial score (nSPS) is 12.6. The monoisotopic (exact) mass is 422 g/mol. The number of thiophene rings is 1. The summed E-state index contributed by atoms with van der Waals surface area (Å²) in [5.41, 5.74) is 5.45. The maximum Gasteiger partial charge on any atom is 0.0511 e. The van der Waals surface area contributed by atoms with Gasteiger partial charge in [0.25, 0.3) is 0 Å². The summed E-state index contributed by atoms with van der Waals surface area (Å²) < 4.78 is 2.31. The van der Waals surface area contributed by atoms with Gasteiger partial charge in [-0.1, -0.05) is 15.9 Å². The Balaban J connectivity index is 2.25. The quantitative estimate of drug-likeness (QED) is 0.446. The first-order chi connectivity index (χ1) is 8.20. The summed E-state index contributed by atoms with van der Waals surface area (Å²) in [7, 11) is 0. The molecule has 2 rings (SSSR count). The lowest BCUT2D eigenvalue weighted by Gasteiger charge is -2.17. The second kappa shape index (κ2) is 6.29. The highest BCUT2D eigenvalue weighted by atomic mass is 127. The van der Waals surface area contributed by atoms with Crippen molar-refractivity contribution in [1.82, 2.24) is 5.43 Å². The molecule has 3 N–H and O–H groups in total. The van der Waals surface area contributed by atoms with Gasteiger partial charge >= 0.3 is 0 Å². The van der Waals surface area contributed by atoms with E-state index in [2.05, 4.69) is 72.9 Å². The molecule has 1 aromatic heterocycles. The molecule has 2 nitrogen and oxygen atoms in total. The molecule has 1 unspecified atom stereocenters. The van der Waals surface area contributed by atoms with Crippen LogP contribution in [0.15, 0.2) is 39.5 Å². The van der Waals surface area contributed by atoms with Crippen LogP contribution in [-0.4, -0.2) is 0 Å². The summed E-state index contributed by atoms with van der Waals surface area (Å²) in [6.07, 6.45) is 0.909. The summed E-state index contributed by atoms with van der Waals surface area (Å²) in [4.78, 5) is 0. The Bertz CT molecular complexity index is 487. The Morgan fingerprint density at radius 2 is 2.24 bits per heavy atom. The minimum Gasteiger partial charge on any atom is -0.271 e. The molecule has 0 aliphatic rings. The summed E-state index contributed by atoms with van der Waals surface area (Å²) >= 11 is 7.56. The standard InChI is InChI=1S/C12H12BrIN2S/c13-9-1-2-11(14)10(6-9)12(16-15)5-8-3-4-17-7-8/h1-4,6-7,12,16H,5,15H2. The molecule has 0 bridgehead atoms. The fraction of sp³-hybridized carbons (Fsp3) is 0.167. The van der Waals surface area contributed by atoms with Crippen LogP contribution in [0.2, 0.25) is 0 Å². The zero-order valence-corrected chi connectivity index (χ0v) is 13.6. The van der Waals surface area contributed by atoms with Gasteiger partial charge in [-0.15, -0.1) is 0 Å². The molecule has 0 aliphatic carbocycles. The first kappa shape index (κ1) is 13.5. The van der Waals surface area contributed by atoms with Crippen molar-refractivity contribution in [3.63, 3.8) is 0 Å². The van der Waals surface area contributed by atoms with Gasteiger partial charge < -0.3 is 0 Å². The van der Waals surface area contributed by atoms with Crippen LogP contribution in [0.4, 0.5) is 0 Å². The van der Waals surface area contributed by atoms with Crippen molar-refractivity contribution >= 4 is 49.9 Å². The number of rotatable bonds is 4. The lowest BCUT2D eigenvalue weighted by Crippen LogP contribution is -2.30. The van der Waals surface area contributed by atoms with E-state index in [9.17, 15) is 0 Å². The number of halogens is 2. The van der Waals surface area contributed by atoms with Crippen LogP contribution in [-0.2, 0) is 6.42 Å². The molecule has 0 spiro atoms. The molecule has 0 aliphatic heterocycles. The van der Waals surface area contributed by atoms with Crippen LogP contribution in [0.1, 0.15) is 17.2 Å². The summed E-state index contributed by atoms with van der Waals surface area (Å²) in [6, 6.07) is 8.55. The Hall–Kier alpha value is 0.0500. The van der Waals surface area contributed by atoms with Crippen LogP contribution < -0.4 is 11.3 Å². The van der Waals surface area contributed by atoms with E-state index in [1.54, 1.807) is 11.3 Å². The van der Waals surface area contributed by atoms with E-state index in [1.807, 2.05) is 6.07 Å². The zero-order valence-electron chi connectivity index (χ0n) is 8.99. The van der Waals surface area contributed by atoms with Crippen LogP contribution in [0.25, 0.3) is 0 Å². The summed E-state index contributed by atoms with van der Waals surface area (Å²) in [6.45, 7) is 0. The highest BCUT2D eigenvalue weighted by molar-refractivity contribution is 14.1. The molecule has 2 aromatic rings. The van der Waals surface area contributed by atoms with E-state index in [-0.39, 0.29) is 6.04 Å². The van der Waals surface area contributed by atoms with Crippen LogP contribution in [0, 0.1) is 3.57 Å². The molecule has 0 fully saturated rings. The molecular formula is C12H12BrIN2S. The third kappa shape index (κ3) is 3.51. The average Bonchev–Trinajstić information content (AvgIpc) is 2.82. The molecule has 17 heavy (non-hydrogen) atoms. The lowest BCUT2D eigenvalue weighted by atomic mass is 10.0.